The van der Waals surface area contributed by atoms with Crippen LogP contribution in [0.4, 0.5) is 5.69 Å². The molecule has 1 amide bonds. The molecular formula is C15H16N2Na2O6S. The van der Waals surface area contributed by atoms with Crippen LogP contribution in [-0.4, -0.2) is 36.0 Å². The van der Waals surface area contributed by atoms with Gasteiger partial charge in [-0.25, -0.2) is 0 Å². The summed E-state index contributed by atoms with van der Waals surface area (Å²) >= 11 is -3.11. The molecule has 1 aliphatic rings. The summed E-state index contributed by atoms with van der Waals surface area (Å²) in [6, 6.07) is 15.5. The van der Waals surface area contributed by atoms with E-state index in [1.54, 1.807) is 0 Å². The Morgan fingerprint density at radius 1 is 0.923 bits per heavy atom. The second-order valence-corrected chi connectivity index (χ2v) is 4.90. The van der Waals surface area contributed by atoms with Gasteiger partial charge in [-0.05, 0) is 36.4 Å². The van der Waals surface area contributed by atoms with Crippen LogP contribution < -0.4 is 69.5 Å². The summed E-state index contributed by atoms with van der Waals surface area (Å²) in [6.45, 7) is 0.767. The van der Waals surface area contributed by atoms with E-state index in [0.29, 0.717) is 6.42 Å². The maximum Gasteiger partial charge on any atom is 1.00 e. The fourth-order valence-corrected chi connectivity index (χ4v) is 1.73. The number of phenolic OH excluding ortho intramolecular Hbond substituents is 2. The molecule has 3 N–H and O–H groups in total. The quantitative estimate of drug-likeness (QED) is 0.249. The van der Waals surface area contributed by atoms with Gasteiger partial charge in [0, 0.05) is 13.0 Å². The van der Waals surface area contributed by atoms with Gasteiger partial charge in [-0.2, -0.15) is 0 Å². The Bertz CT molecular complexity index is 636. The van der Waals surface area contributed by atoms with Crippen molar-refractivity contribution in [2.75, 3.05) is 11.6 Å². The van der Waals surface area contributed by atoms with E-state index < -0.39 is 11.4 Å². The van der Waals surface area contributed by atoms with Crippen molar-refractivity contribution in [3.8, 4) is 11.5 Å². The van der Waals surface area contributed by atoms with Gasteiger partial charge in [0.15, 0.2) is 0 Å². The number of hydrazine groups is 1. The summed E-state index contributed by atoms with van der Waals surface area (Å²) in [5.41, 5.74) is 3.81. The van der Waals surface area contributed by atoms with Gasteiger partial charge in [0.1, 0.15) is 11.5 Å². The Hall–Kier alpha value is -0.620. The summed E-state index contributed by atoms with van der Waals surface area (Å²) in [7, 11) is 0. The van der Waals surface area contributed by atoms with E-state index in [1.165, 1.54) is 24.3 Å². The van der Waals surface area contributed by atoms with Gasteiger partial charge in [0.05, 0.1) is 5.69 Å². The number of amides is 1. The zero-order valence-corrected chi connectivity index (χ0v) is 19.3. The molecule has 0 aliphatic carbocycles. The Morgan fingerprint density at radius 3 is 1.69 bits per heavy atom. The molecule has 3 rings (SSSR count). The largest absolute Gasteiger partial charge is 1.00 e. The number of hydrogen-bond acceptors (Lipinski definition) is 7. The number of phenols is 2. The Labute approximate surface area is 198 Å². The molecule has 8 nitrogen and oxygen atoms in total. The number of nitrogens with zero attached hydrogens (tertiary/aromatic N) is 1. The van der Waals surface area contributed by atoms with Crippen LogP contribution in [0.5, 0.6) is 11.5 Å². The summed E-state index contributed by atoms with van der Waals surface area (Å²) < 4.78 is 25.3. The minimum absolute atomic E-state index is 0. The average Bonchev–Trinajstić information content (AvgIpc) is 2.98. The van der Waals surface area contributed by atoms with Crippen molar-refractivity contribution >= 4 is 23.0 Å². The first-order valence-electron chi connectivity index (χ1n) is 6.75. The zero-order chi connectivity index (χ0) is 17.9. The van der Waals surface area contributed by atoms with Crippen molar-refractivity contribution in [2.24, 2.45) is 0 Å². The van der Waals surface area contributed by atoms with Crippen molar-refractivity contribution < 1.29 is 87.4 Å². The molecule has 1 heterocycles. The SMILES string of the molecule is O=C1CCN(c2ccccc2)N1.O=S([O-])[O-].Oc1ccc(O)cc1.[Na+].[Na+]. The van der Waals surface area contributed by atoms with E-state index in [0.717, 1.165) is 12.2 Å². The molecule has 26 heavy (non-hydrogen) atoms. The number of hydrogen-bond donors (Lipinski definition) is 3. The molecule has 0 unspecified atom stereocenters. The number of aromatic hydroxyl groups is 2. The van der Waals surface area contributed by atoms with Crippen LogP contribution in [0, 0.1) is 0 Å². The monoisotopic (exact) mass is 398 g/mol. The molecule has 1 fully saturated rings. The minimum Gasteiger partial charge on any atom is -0.784 e. The molecule has 1 aliphatic heterocycles. The predicted octanol–water partition coefficient (Wildman–Crippen LogP) is -4.97. The number of rotatable bonds is 1. The van der Waals surface area contributed by atoms with E-state index in [-0.39, 0.29) is 76.5 Å². The Balaban J connectivity index is 0. The van der Waals surface area contributed by atoms with E-state index in [2.05, 4.69) is 5.43 Å². The molecule has 11 heteroatoms. The fraction of sp³-hybridized carbons (Fsp3) is 0.133. The number of anilines is 1. The fourth-order valence-electron chi connectivity index (χ4n) is 1.73. The van der Waals surface area contributed by atoms with Crippen LogP contribution in [0.15, 0.2) is 54.6 Å². The van der Waals surface area contributed by atoms with E-state index in [9.17, 15) is 4.79 Å². The van der Waals surface area contributed by atoms with Gasteiger partial charge < -0.3 is 19.3 Å². The van der Waals surface area contributed by atoms with Crippen LogP contribution in [0.3, 0.4) is 0 Å². The third kappa shape index (κ3) is 12.7. The van der Waals surface area contributed by atoms with Crippen LogP contribution in [0.25, 0.3) is 0 Å². The third-order valence-electron chi connectivity index (χ3n) is 2.74. The van der Waals surface area contributed by atoms with Gasteiger partial charge >= 0.3 is 59.1 Å². The van der Waals surface area contributed by atoms with Gasteiger partial charge in [-0.1, -0.05) is 18.2 Å². The molecule has 130 valence electrons. The standard InChI is InChI=1S/C9H10N2O.C6H6O2.2Na.H2O3S/c12-9-6-7-11(10-9)8-4-2-1-3-5-8;7-5-1-2-6(8)4-3-5;;;1-4(2)3/h1-5H,6-7H2,(H,10,12);1-4,7-8H;;;(H2,1,2,3)/q;;2*+1;/p-2. The second-order valence-electron chi connectivity index (χ2n) is 4.49. The van der Waals surface area contributed by atoms with Crippen molar-refractivity contribution in [1.82, 2.24) is 5.43 Å². The summed E-state index contributed by atoms with van der Waals surface area (Å²) in [5, 5.41) is 19.2. The van der Waals surface area contributed by atoms with Crippen LogP contribution >= 0.6 is 0 Å². The normalized spacial score (nSPS) is 11.7. The van der Waals surface area contributed by atoms with Crippen molar-refractivity contribution in [3.05, 3.63) is 54.6 Å². The van der Waals surface area contributed by atoms with E-state index in [4.69, 9.17) is 23.5 Å². The zero-order valence-electron chi connectivity index (χ0n) is 14.5. The van der Waals surface area contributed by atoms with Crippen molar-refractivity contribution in [1.29, 1.82) is 0 Å². The molecule has 2 aromatic carbocycles. The molecule has 0 atom stereocenters. The Kier molecular flexibility index (Phi) is 16.4. The number of para-hydroxylation sites is 1. The summed E-state index contributed by atoms with van der Waals surface area (Å²) in [4.78, 5) is 10.9. The summed E-state index contributed by atoms with van der Waals surface area (Å²) in [5.74, 6) is 0.435. The van der Waals surface area contributed by atoms with Crippen molar-refractivity contribution in [3.63, 3.8) is 0 Å². The van der Waals surface area contributed by atoms with Gasteiger partial charge in [0.2, 0.25) is 5.91 Å². The van der Waals surface area contributed by atoms with Crippen LogP contribution in [-0.2, 0) is 16.2 Å². The third-order valence-corrected chi connectivity index (χ3v) is 2.74. The van der Waals surface area contributed by atoms with Gasteiger partial charge in [0.25, 0.3) is 0 Å². The molecule has 0 saturated carbocycles. The molecular weight excluding hydrogens is 382 g/mol. The first-order valence-corrected chi connectivity index (χ1v) is 7.75. The smallest absolute Gasteiger partial charge is 0.784 e. The summed E-state index contributed by atoms with van der Waals surface area (Å²) in [6.07, 6.45) is 0.592. The molecule has 0 spiro atoms. The molecule has 2 aromatic rings. The molecule has 0 bridgehead atoms. The van der Waals surface area contributed by atoms with Crippen LogP contribution in [0.2, 0.25) is 0 Å². The number of nitrogens with one attached hydrogen (secondary N) is 1. The number of carbonyl (C=O) groups is 1. The molecule has 0 aromatic heterocycles. The van der Waals surface area contributed by atoms with Crippen LogP contribution in [0.1, 0.15) is 6.42 Å². The van der Waals surface area contributed by atoms with Gasteiger partial charge in [-0.15, -0.1) is 11.4 Å². The van der Waals surface area contributed by atoms with E-state index in [1.807, 2.05) is 35.3 Å². The first-order chi connectivity index (χ1) is 11.4. The number of carbonyl (C=O) groups excluding carboxylic acids is 1. The number of benzene rings is 2. The van der Waals surface area contributed by atoms with Crippen molar-refractivity contribution in [2.45, 2.75) is 6.42 Å². The average molecular weight is 398 g/mol. The molecule has 0 radical (unpaired) electrons. The minimum atomic E-state index is -3.11. The van der Waals surface area contributed by atoms with E-state index >= 15 is 0 Å². The van der Waals surface area contributed by atoms with Gasteiger partial charge in [-0.3, -0.25) is 19.4 Å². The Morgan fingerprint density at radius 2 is 1.35 bits per heavy atom. The molecule has 1 saturated heterocycles. The maximum absolute atomic E-state index is 10.9. The predicted molar refractivity (Wildman–Crippen MR) is 86.0 cm³/mol. The second kappa shape index (κ2) is 15.4. The first kappa shape index (κ1) is 27.6. The topological polar surface area (TPSA) is 136 Å². The maximum atomic E-state index is 10.9.